The summed E-state index contributed by atoms with van der Waals surface area (Å²) in [6.07, 6.45) is 0.0272. The molecule has 1 aromatic rings. The molecule has 0 aliphatic carbocycles. The van der Waals surface area contributed by atoms with Crippen LogP contribution in [-0.2, 0) is 9.59 Å². The number of hydrogen-bond donors (Lipinski definition) is 2. The summed E-state index contributed by atoms with van der Waals surface area (Å²) in [5.74, 6) is -0.535. The van der Waals surface area contributed by atoms with E-state index in [9.17, 15) is 9.59 Å². The van der Waals surface area contributed by atoms with Gasteiger partial charge in [-0.2, -0.15) is 0 Å². The van der Waals surface area contributed by atoms with Gasteiger partial charge in [-0.15, -0.1) is 0 Å². The summed E-state index contributed by atoms with van der Waals surface area (Å²) >= 11 is 0. The summed E-state index contributed by atoms with van der Waals surface area (Å²) in [6, 6.07) is 9.15. The molecule has 5 nitrogen and oxygen atoms in total. The van der Waals surface area contributed by atoms with Crippen LogP contribution in [0.4, 0.5) is 0 Å². The average molecular weight is 279 g/mol. The number of aliphatic carboxylic acids is 1. The molecule has 2 N–H and O–H groups in total. The van der Waals surface area contributed by atoms with E-state index in [1.165, 1.54) is 0 Å². The smallest absolute Gasteiger partial charge is 0.303 e. The van der Waals surface area contributed by atoms with Gasteiger partial charge in [-0.1, -0.05) is 32.0 Å². The van der Waals surface area contributed by atoms with Gasteiger partial charge in [-0.3, -0.25) is 9.59 Å². The van der Waals surface area contributed by atoms with Crippen molar-refractivity contribution >= 4 is 11.9 Å². The molecule has 0 heterocycles. The maximum Gasteiger partial charge on any atom is 0.303 e. The number of rotatable bonds is 8. The third-order valence-electron chi connectivity index (χ3n) is 2.83. The largest absolute Gasteiger partial charge is 0.481 e. The number of hydrogen-bond acceptors (Lipinski definition) is 3. The Hall–Kier alpha value is -2.04. The van der Waals surface area contributed by atoms with E-state index >= 15 is 0 Å². The summed E-state index contributed by atoms with van der Waals surface area (Å²) < 4.78 is 5.61. The van der Waals surface area contributed by atoms with Gasteiger partial charge < -0.3 is 15.2 Å². The Kier molecular flexibility index (Phi) is 6.56. The van der Waals surface area contributed by atoms with Crippen LogP contribution in [0.5, 0.6) is 5.75 Å². The molecule has 0 aromatic heterocycles. The number of carboxylic acid groups (broad SMARTS) is 1. The fourth-order valence-electron chi connectivity index (χ4n) is 1.74. The SMILES string of the molecule is CCC(Oc1ccccc1)C(=O)NCC(C)CC(=O)O. The highest BCUT2D eigenvalue weighted by Crippen LogP contribution is 2.12. The Balaban J connectivity index is 2.45. The van der Waals surface area contributed by atoms with E-state index in [2.05, 4.69) is 5.32 Å². The summed E-state index contributed by atoms with van der Waals surface area (Å²) in [4.78, 5) is 22.5. The number of carbonyl (C=O) groups is 2. The lowest BCUT2D eigenvalue weighted by atomic mass is 10.1. The molecule has 1 aromatic carbocycles. The van der Waals surface area contributed by atoms with Gasteiger partial charge in [0.15, 0.2) is 6.10 Å². The van der Waals surface area contributed by atoms with E-state index in [1.807, 2.05) is 25.1 Å². The molecule has 0 bridgehead atoms. The first kappa shape index (κ1) is 16.0. The summed E-state index contributed by atoms with van der Waals surface area (Å²) in [6.45, 7) is 3.99. The molecule has 1 amide bonds. The first-order valence-corrected chi connectivity index (χ1v) is 6.74. The number of para-hydroxylation sites is 1. The third-order valence-corrected chi connectivity index (χ3v) is 2.83. The predicted octanol–water partition coefficient (Wildman–Crippen LogP) is 2.07. The molecule has 0 saturated carbocycles. The van der Waals surface area contributed by atoms with Gasteiger partial charge in [0.1, 0.15) is 5.75 Å². The van der Waals surface area contributed by atoms with E-state index in [1.54, 1.807) is 19.1 Å². The van der Waals surface area contributed by atoms with Gasteiger partial charge in [0.05, 0.1) is 0 Å². The lowest BCUT2D eigenvalue weighted by Crippen LogP contribution is -2.40. The zero-order valence-corrected chi connectivity index (χ0v) is 11.8. The molecule has 110 valence electrons. The van der Waals surface area contributed by atoms with Crippen molar-refractivity contribution in [3.63, 3.8) is 0 Å². The van der Waals surface area contributed by atoms with Gasteiger partial charge in [0.2, 0.25) is 0 Å². The van der Waals surface area contributed by atoms with Crippen LogP contribution in [0, 0.1) is 5.92 Å². The first-order chi connectivity index (χ1) is 9.52. The molecule has 0 aliphatic heterocycles. The van der Waals surface area contributed by atoms with Gasteiger partial charge in [-0.25, -0.2) is 0 Å². The van der Waals surface area contributed by atoms with Crippen LogP contribution in [0.2, 0.25) is 0 Å². The highest BCUT2D eigenvalue weighted by Gasteiger charge is 2.19. The van der Waals surface area contributed by atoms with Crippen LogP contribution < -0.4 is 10.1 Å². The second-order valence-electron chi connectivity index (χ2n) is 4.78. The van der Waals surface area contributed by atoms with Crippen molar-refractivity contribution in [2.45, 2.75) is 32.8 Å². The molecular formula is C15H21NO4. The minimum absolute atomic E-state index is 0.0383. The van der Waals surface area contributed by atoms with Crippen LogP contribution in [0.25, 0.3) is 0 Å². The van der Waals surface area contributed by atoms with E-state index in [-0.39, 0.29) is 18.2 Å². The molecule has 1 rings (SSSR count). The highest BCUT2D eigenvalue weighted by molar-refractivity contribution is 5.81. The summed E-state index contributed by atoms with van der Waals surface area (Å²) in [7, 11) is 0. The second-order valence-corrected chi connectivity index (χ2v) is 4.78. The Bertz CT molecular complexity index is 433. The lowest BCUT2D eigenvalue weighted by molar-refractivity contribution is -0.138. The normalized spacial score (nSPS) is 13.3. The standard InChI is InChI=1S/C15H21NO4/c1-3-13(20-12-7-5-4-6-8-12)15(19)16-10-11(2)9-14(17)18/h4-8,11,13H,3,9-10H2,1-2H3,(H,16,19)(H,17,18). The fourth-order valence-corrected chi connectivity index (χ4v) is 1.74. The Morgan fingerprint density at radius 2 is 1.95 bits per heavy atom. The fraction of sp³-hybridized carbons (Fsp3) is 0.467. The molecule has 0 fully saturated rings. The van der Waals surface area contributed by atoms with Crippen LogP contribution in [0.3, 0.4) is 0 Å². The Labute approximate surface area is 118 Å². The molecule has 0 saturated heterocycles. The van der Waals surface area contributed by atoms with Crippen molar-refractivity contribution in [2.75, 3.05) is 6.54 Å². The van der Waals surface area contributed by atoms with Gasteiger partial charge in [0.25, 0.3) is 5.91 Å². The van der Waals surface area contributed by atoms with Crippen LogP contribution in [0.15, 0.2) is 30.3 Å². The third kappa shape index (κ3) is 5.73. The van der Waals surface area contributed by atoms with E-state index in [0.29, 0.717) is 18.7 Å². The molecular weight excluding hydrogens is 258 g/mol. The zero-order chi connectivity index (χ0) is 15.0. The number of carboxylic acids is 1. The quantitative estimate of drug-likeness (QED) is 0.764. The second kappa shape index (κ2) is 8.19. The monoisotopic (exact) mass is 279 g/mol. The zero-order valence-electron chi connectivity index (χ0n) is 11.8. The van der Waals surface area contributed by atoms with Crippen LogP contribution >= 0.6 is 0 Å². The number of amides is 1. The van der Waals surface area contributed by atoms with Gasteiger partial charge >= 0.3 is 5.97 Å². The topological polar surface area (TPSA) is 75.6 Å². The lowest BCUT2D eigenvalue weighted by Gasteiger charge is -2.18. The molecule has 5 heteroatoms. The van der Waals surface area contributed by atoms with Crippen molar-refractivity contribution in [3.8, 4) is 5.75 Å². The predicted molar refractivity (Wildman–Crippen MR) is 75.6 cm³/mol. The number of benzene rings is 1. The molecule has 0 spiro atoms. The maximum atomic E-state index is 12.0. The minimum Gasteiger partial charge on any atom is -0.481 e. The number of nitrogens with one attached hydrogen (secondary N) is 1. The van der Waals surface area contributed by atoms with Crippen molar-refractivity contribution in [3.05, 3.63) is 30.3 Å². The van der Waals surface area contributed by atoms with E-state index in [0.717, 1.165) is 0 Å². The Morgan fingerprint density at radius 1 is 1.30 bits per heavy atom. The van der Waals surface area contributed by atoms with Gasteiger partial charge in [0, 0.05) is 13.0 Å². The van der Waals surface area contributed by atoms with Crippen molar-refractivity contribution in [2.24, 2.45) is 5.92 Å². The van der Waals surface area contributed by atoms with Gasteiger partial charge in [-0.05, 0) is 24.5 Å². The number of ether oxygens (including phenoxy) is 1. The minimum atomic E-state index is -0.862. The number of carbonyl (C=O) groups excluding carboxylic acids is 1. The Morgan fingerprint density at radius 3 is 2.50 bits per heavy atom. The van der Waals surface area contributed by atoms with Crippen molar-refractivity contribution < 1.29 is 19.4 Å². The average Bonchev–Trinajstić information content (AvgIpc) is 2.42. The van der Waals surface area contributed by atoms with Crippen molar-refractivity contribution in [1.82, 2.24) is 5.32 Å². The molecule has 2 atom stereocenters. The van der Waals surface area contributed by atoms with Crippen molar-refractivity contribution in [1.29, 1.82) is 0 Å². The van der Waals surface area contributed by atoms with E-state index < -0.39 is 12.1 Å². The molecule has 0 aliphatic rings. The van der Waals surface area contributed by atoms with Crippen LogP contribution in [0.1, 0.15) is 26.7 Å². The molecule has 2 unspecified atom stereocenters. The maximum absolute atomic E-state index is 12.0. The van der Waals surface area contributed by atoms with Crippen LogP contribution in [-0.4, -0.2) is 29.6 Å². The molecule has 0 radical (unpaired) electrons. The van der Waals surface area contributed by atoms with E-state index in [4.69, 9.17) is 9.84 Å². The summed E-state index contributed by atoms with van der Waals surface area (Å²) in [5.41, 5.74) is 0. The summed E-state index contributed by atoms with van der Waals surface area (Å²) in [5, 5.41) is 11.4. The molecule has 20 heavy (non-hydrogen) atoms. The first-order valence-electron chi connectivity index (χ1n) is 6.74. The highest BCUT2D eigenvalue weighted by atomic mass is 16.5.